The first kappa shape index (κ1) is 21.6. The van der Waals surface area contributed by atoms with Crippen molar-refractivity contribution in [3.63, 3.8) is 0 Å². The number of nitrogens with zero attached hydrogens (tertiary/aromatic N) is 1. The predicted octanol–water partition coefficient (Wildman–Crippen LogP) is -0.440. The standard InChI is InChI=1S/C13H15N3O4S.CH4O3S/c1-21(18,19)10-2-3-11-9(7-10)6-8(4-5-20-11)12(17)16-13(14)15;1-5(2,3)4/h2-3,6-7H,4-5H2,1H3,(H4,14,15,16,17);1H3,(H,2,3,4). The molecule has 0 aromatic heterocycles. The molecule has 1 aromatic rings. The normalized spacial score (nSPS) is 13.7. The largest absolute Gasteiger partial charge is 0.493 e. The van der Waals surface area contributed by atoms with Gasteiger partial charge in [-0.05, 0) is 24.3 Å². The van der Waals surface area contributed by atoms with E-state index in [2.05, 4.69) is 4.99 Å². The molecule has 1 amide bonds. The van der Waals surface area contributed by atoms with Crippen molar-refractivity contribution in [1.82, 2.24) is 0 Å². The highest BCUT2D eigenvalue weighted by molar-refractivity contribution is 7.90. The van der Waals surface area contributed by atoms with E-state index < -0.39 is 25.9 Å². The molecule has 1 aromatic carbocycles. The lowest BCUT2D eigenvalue weighted by Gasteiger charge is -2.07. The Morgan fingerprint density at radius 2 is 1.77 bits per heavy atom. The van der Waals surface area contributed by atoms with Gasteiger partial charge >= 0.3 is 0 Å². The van der Waals surface area contributed by atoms with Crippen LogP contribution in [0.2, 0.25) is 0 Å². The first-order valence-corrected chi connectivity index (χ1v) is 10.8. The van der Waals surface area contributed by atoms with E-state index in [4.69, 9.17) is 20.8 Å². The Morgan fingerprint density at radius 3 is 2.27 bits per heavy atom. The summed E-state index contributed by atoms with van der Waals surface area (Å²) in [5, 5.41) is 0. The van der Waals surface area contributed by atoms with Crippen LogP contribution >= 0.6 is 0 Å². The van der Waals surface area contributed by atoms with Crippen molar-refractivity contribution >= 4 is 37.9 Å². The maximum absolute atomic E-state index is 11.9. The van der Waals surface area contributed by atoms with Gasteiger partial charge in [-0.15, -0.1) is 0 Å². The summed E-state index contributed by atoms with van der Waals surface area (Å²) >= 11 is 0. The first-order valence-electron chi connectivity index (χ1n) is 7.01. The van der Waals surface area contributed by atoms with E-state index in [0.29, 0.717) is 29.6 Å². The maximum atomic E-state index is 11.9. The molecular weight excluding hydrogens is 386 g/mol. The molecule has 0 aliphatic carbocycles. The third-order valence-corrected chi connectivity index (χ3v) is 3.98. The van der Waals surface area contributed by atoms with E-state index in [-0.39, 0.29) is 17.5 Å². The minimum atomic E-state index is -3.67. The molecule has 0 saturated heterocycles. The van der Waals surface area contributed by atoms with Crippen LogP contribution < -0.4 is 16.2 Å². The SMILES string of the molecule is CS(=O)(=O)O.CS(=O)(=O)c1ccc2c(c1)C=C(C(=O)N=C(N)N)CCO2. The molecule has 0 spiro atoms. The van der Waals surface area contributed by atoms with Gasteiger partial charge in [-0.2, -0.15) is 13.4 Å². The van der Waals surface area contributed by atoms with Gasteiger partial charge in [0.1, 0.15) is 5.75 Å². The number of fused-ring (bicyclic) bond motifs is 1. The van der Waals surface area contributed by atoms with Gasteiger partial charge in [0.2, 0.25) is 0 Å². The Bertz CT molecular complexity index is 952. The van der Waals surface area contributed by atoms with Gasteiger partial charge in [0, 0.05) is 23.8 Å². The fourth-order valence-electron chi connectivity index (χ4n) is 1.89. The van der Waals surface area contributed by atoms with Crippen LogP contribution in [0.1, 0.15) is 12.0 Å². The molecule has 1 aliphatic heterocycles. The van der Waals surface area contributed by atoms with Gasteiger partial charge in [0.05, 0.1) is 17.8 Å². The number of amides is 1. The third-order valence-electron chi connectivity index (χ3n) is 2.87. The Morgan fingerprint density at radius 1 is 1.19 bits per heavy atom. The molecule has 10 nitrogen and oxygen atoms in total. The van der Waals surface area contributed by atoms with Crippen molar-refractivity contribution in [2.45, 2.75) is 11.3 Å². The van der Waals surface area contributed by atoms with Gasteiger partial charge in [-0.25, -0.2) is 8.42 Å². The van der Waals surface area contributed by atoms with E-state index >= 15 is 0 Å². The van der Waals surface area contributed by atoms with Gasteiger partial charge in [-0.1, -0.05) is 0 Å². The predicted molar refractivity (Wildman–Crippen MR) is 95.9 cm³/mol. The Kier molecular flexibility index (Phi) is 6.89. The summed E-state index contributed by atoms with van der Waals surface area (Å²) in [4.78, 5) is 15.5. The Labute approximate surface area is 151 Å². The second kappa shape index (κ2) is 8.29. The highest BCUT2D eigenvalue weighted by Crippen LogP contribution is 2.28. The van der Waals surface area contributed by atoms with Crippen LogP contribution in [-0.2, 0) is 24.7 Å². The van der Waals surface area contributed by atoms with Gasteiger partial charge in [0.15, 0.2) is 15.8 Å². The van der Waals surface area contributed by atoms with Crippen LogP contribution in [0.15, 0.2) is 33.7 Å². The highest BCUT2D eigenvalue weighted by Gasteiger charge is 2.17. The summed E-state index contributed by atoms with van der Waals surface area (Å²) in [6.07, 6.45) is 3.71. The summed E-state index contributed by atoms with van der Waals surface area (Å²) in [6, 6.07) is 4.49. The fourth-order valence-corrected chi connectivity index (χ4v) is 2.55. The molecule has 0 unspecified atom stereocenters. The molecule has 144 valence electrons. The van der Waals surface area contributed by atoms with Crippen molar-refractivity contribution in [1.29, 1.82) is 0 Å². The number of sulfone groups is 1. The smallest absolute Gasteiger partial charge is 0.276 e. The Hall–Kier alpha value is -2.44. The summed E-state index contributed by atoms with van der Waals surface area (Å²) in [7, 11) is -7.01. The van der Waals surface area contributed by atoms with Crippen LogP contribution in [0.3, 0.4) is 0 Å². The van der Waals surface area contributed by atoms with Crippen LogP contribution in [0.4, 0.5) is 0 Å². The first-order chi connectivity index (χ1) is 11.8. The number of hydrogen-bond acceptors (Lipinski definition) is 6. The minimum Gasteiger partial charge on any atom is -0.493 e. The Balaban J connectivity index is 0.000000597. The zero-order valence-electron chi connectivity index (χ0n) is 14.0. The molecule has 5 N–H and O–H groups in total. The zero-order valence-corrected chi connectivity index (χ0v) is 15.7. The number of guanidine groups is 1. The molecule has 0 saturated carbocycles. The van der Waals surface area contributed by atoms with Crippen molar-refractivity contribution < 1.29 is 30.9 Å². The van der Waals surface area contributed by atoms with Gasteiger partial charge in [-0.3, -0.25) is 9.35 Å². The maximum Gasteiger partial charge on any atom is 0.276 e. The minimum absolute atomic E-state index is 0.150. The van der Waals surface area contributed by atoms with Gasteiger partial charge in [0.25, 0.3) is 16.0 Å². The molecule has 2 rings (SSSR count). The van der Waals surface area contributed by atoms with E-state index in [1.165, 1.54) is 12.1 Å². The number of benzene rings is 1. The van der Waals surface area contributed by atoms with E-state index in [9.17, 15) is 21.6 Å². The third kappa shape index (κ3) is 7.63. The molecule has 0 fully saturated rings. The lowest BCUT2D eigenvalue weighted by Crippen LogP contribution is -2.24. The quantitative estimate of drug-likeness (QED) is 0.334. The van der Waals surface area contributed by atoms with Crippen LogP contribution in [-0.4, -0.2) is 52.4 Å². The van der Waals surface area contributed by atoms with E-state index in [1.54, 1.807) is 12.1 Å². The van der Waals surface area contributed by atoms with Crippen LogP contribution in [0.5, 0.6) is 5.75 Å². The van der Waals surface area contributed by atoms with Crippen LogP contribution in [0, 0.1) is 0 Å². The molecule has 0 atom stereocenters. The molecule has 0 bridgehead atoms. The second-order valence-electron chi connectivity index (χ2n) is 5.31. The number of ether oxygens (including phenoxy) is 1. The number of carbonyl (C=O) groups excluding carboxylic acids is 1. The zero-order chi connectivity index (χ0) is 20.1. The summed E-state index contributed by atoms with van der Waals surface area (Å²) < 4.78 is 54.5. The fraction of sp³-hybridized carbons (Fsp3) is 0.286. The summed E-state index contributed by atoms with van der Waals surface area (Å²) in [5.41, 5.74) is 11.2. The molecule has 1 aliphatic rings. The van der Waals surface area contributed by atoms with Crippen LogP contribution in [0.25, 0.3) is 6.08 Å². The lowest BCUT2D eigenvalue weighted by molar-refractivity contribution is -0.114. The van der Waals surface area contributed by atoms with Gasteiger partial charge < -0.3 is 16.2 Å². The summed E-state index contributed by atoms with van der Waals surface area (Å²) in [5.74, 6) is -0.373. The molecule has 26 heavy (non-hydrogen) atoms. The molecule has 0 radical (unpaired) electrons. The average Bonchev–Trinajstić information content (AvgIpc) is 2.65. The van der Waals surface area contributed by atoms with Crippen molar-refractivity contribution in [2.75, 3.05) is 19.1 Å². The second-order valence-corrected chi connectivity index (χ2v) is 8.80. The van der Waals surface area contributed by atoms with E-state index in [1.807, 2.05) is 0 Å². The van der Waals surface area contributed by atoms with Crippen molar-refractivity contribution in [3.05, 3.63) is 29.3 Å². The molecule has 12 heteroatoms. The average molecular weight is 405 g/mol. The number of carbonyl (C=O) groups is 1. The number of aliphatic imine (C=N–C) groups is 1. The van der Waals surface area contributed by atoms with Crippen molar-refractivity contribution in [3.8, 4) is 5.75 Å². The molecule has 1 heterocycles. The lowest BCUT2D eigenvalue weighted by atomic mass is 10.1. The number of rotatable bonds is 2. The monoisotopic (exact) mass is 405 g/mol. The number of hydrogen-bond donors (Lipinski definition) is 3. The number of nitrogens with two attached hydrogens (primary N) is 2. The van der Waals surface area contributed by atoms with E-state index in [0.717, 1.165) is 6.26 Å². The highest BCUT2D eigenvalue weighted by atomic mass is 32.2. The van der Waals surface area contributed by atoms with Crippen molar-refractivity contribution in [2.24, 2.45) is 16.5 Å². The molecular formula is C14H19N3O7S2. The summed E-state index contributed by atoms with van der Waals surface area (Å²) in [6.45, 7) is 0.281. The topological polar surface area (TPSA) is 179 Å².